The van der Waals surface area contributed by atoms with Gasteiger partial charge < -0.3 is 9.29 Å². The Bertz CT molecular complexity index is 346. The van der Waals surface area contributed by atoms with Crippen LogP contribution in [0.5, 0.6) is 5.75 Å². The highest BCUT2D eigenvalue weighted by Gasteiger charge is 2.13. The van der Waals surface area contributed by atoms with E-state index in [2.05, 4.69) is 0 Å². The van der Waals surface area contributed by atoms with E-state index in [-0.39, 0.29) is 17.6 Å². The zero-order valence-corrected chi connectivity index (χ0v) is 10.5. The van der Waals surface area contributed by atoms with Gasteiger partial charge in [0.2, 0.25) is 0 Å². The molecule has 0 N–H and O–H groups in total. The van der Waals surface area contributed by atoms with Gasteiger partial charge in [-0.2, -0.15) is 0 Å². The summed E-state index contributed by atoms with van der Waals surface area (Å²) in [6.07, 6.45) is 0.119. The Balaban J connectivity index is 2.66. The van der Waals surface area contributed by atoms with Crippen LogP contribution in [0, 0.1) is 0 Å². The van der Waals surface area contributed by atoms with E-state index < -0.39 is 11.2 Å². The maximum Gasteiger partial charge on any atom is 0.179 e. The first-order valence-electron chi connectivity index (χ1n) is 5.13. The SMILES string of the molecule is CC(=O)C[S+]([O-])c1ccc(OC(C)C)cc1. The van der Waals surface area contributed by atoms with Crippen molar-refractivity contribution in [2.24, 2.45) is 0 Å². The number of carbonyl (C=O) groups excluding carboxylic acids is 1. The number of benzene rings is 1. The fraction of sp³-hybridized carbons (Fsp3) is 0.417. The molecule has 16 heavy (non-hydrogen) atoms. The molecule has 4 heteroatoms. The summed E-state index contributed by atoms with van der Waals surface area (Å²) in [5.74, 6) is 0.754. The van der Waals surface area contributed by atoms with E-state index in [0.29, 0.717) is 4.90 Å². The van der Waals surface area contributed by atoms with E-state index in [1.54, 1.807) is 24.3 Å². The first-order valence-corrected chi connectivity index (χ1v) is 6.45. The molecule has 0 spiro atoms. The Kier molecular flexibility index (Phi) is 4.83. The molecular weight excluding hydrogens is 224 g/mol. The van der Waals surface area contributed by atoms with Crippen LogP contribution in [0.15, 0.2) is 29.2 Å². The highest BCUT2D eigenvalue weighted by molar-refractivity contribution is 7.92. The summed E-state index contributed by atoms with van der Waals surface area (Å²) in [6.45, 7) is 5.33. The van der Waals surface area contributed by atoms with E-state index >= 15 is 0 Å². The standard InChI is InChI=1S/C12H16O3S/c1-9(2)15-11-4-6-12(7-5-11)16(14)8-10(3)13/h4-7,9H,8H2,1-3H3. The van der Waals surface area contributed by atoms with E-state index in [4.69, 9.17) is 4.74 Å². The molecule has 0 saturated carbocycles. The van der Waals surface area contributed by atoms with Crippen molar-refractivity contribution in [1.82, 2.24) is 0 Å². The lowest BCUT2D eigenvalue weighted by molar-refractivity contribution is -0.114. The molecule has 0 amide bonds. The van der Waals surface area contributed by atoms with Gasteiger partial charge in [0.25, 0.3) is 0 Å². The van der Waals surface area contributed by atoms with Crippen LogP contribution in [-0.2, 0) is 16.0 Å². The number of rotatable bonds is 5. The van der Waals surface area contributed by atoms with Gasteiger partial charge in [0, 0.05) is 0 Å². The predicted octanol–water partition coefficient (Wildman–Crippen LogP) is 2.17. The maximum absolute atomic E-state index is 11.6. The molecule has 0 fully saturated rings. The molecule has 0 aromatic heterocycles. The minimum Gasteiger partial charge on any atom is -0.611 e. The second kappa shape index (κ2) is 5.92. The van der Waals surface area contributed by atoms with Gasteiger partial charge in [-0.25, -0.2) is 0 Å². The Hall–Kier alpha value is -1.00. The topological polar surface area (TPSA) is 49.4 Å². The van der Waals surface area contributed by atoms with Crippen LogP contribution in [0.3, 0.4) is 0 Å². The number of hydrogen-bond donors (Lipinski definition) is 0. The quantitative estimate of drug-likeness (QED) is 0.741. The molecule has 0 bridgehead atoms. The molecule has 0 aliphatic heterocycles. The molecule has 0 aliphatic rings. The largest absolute Gasteiger partial charge is 0.611 e. The van der Waals surface area contributed by atoms with Gasteiger partial charge in [-0.05, 0) is 56.2 Å². The molecule has 0 aliphatic carbocycles. The van der Waals surface area contributed by atoms with Crippen molar-refractivity contribution in [3.05, 3.63) is 24.3 Å². The number of carbonyl (C=O) groups is 1. The Morgan fingerprint density at radius 1 is 1.38 bits per heavy atom. The Morgan fingerprint density at radius 2 is 1.94 bits per heavy atom. The summed E-state index contributed by atoms with van der Waals surface area (Å²) < 4.78 is 17.1. The minimum atomic E-state index is -1.24. The zero-order valence-electron chi connectivity index (χ0n) is 9.73. The van der Waals surface area contributed by atoms with Crippen LogP contribution >= 0.6 is 0 Å². The molecule has 1 atom stereocenters. The molecule has 0 saturated heterocycles. The highest BCUT2D eigenvalue weighted by atomic mass is 32.2. The number of hydrogen-bond acceptors (Lipinski definition) is 3. The van der Waals surface area contributed by atoms with Crippen LogP contribution < -0.4 is 4.74 Å². The average molecular weight is 240 g/mol. The first-order chi connectivity index (χ1) is 7.49. The Labute approximate surface area is 99.0 Å². The summed E-state index contributed by atoms with van der Waals surface area (Å²) in [6, 6.07) is 7.01. The summed E-state index contributed by atoms with van der Waals surface area (Å²) in [5.41, 5.74) is 0. The van der Waals surface area contributed by atoms with E-state index in [1.807, 2.05) is 13.8 Å². The van der Waals surface area contributed by atoms with Crippen LogP contribution in [0.1, 0.15) is 20.8 Å². The summed E-state index contributed by atoms with van der Waals surface area (Å²) in [7, 11) is 0. The van der Waals surface area contributed by atoms with E-state index in [9.17, 15) is 9.35 Å². The summed E-state index contributed by atoms with van der Waals surface area (Å²) in [5, 5.41) is 0. The molecular formula is C12H16O3S. The molecule has 1 aromatic carbocycles. The van der Waals surface area contributed by atoms with Crippen molar-refractivity contribution in [2.45, 2.75) is 31.8 Å². The van der Waals surface area contributed by atoms with Gasteiger partial charge in [-0.1, -0.05) is 0 Å². The second-order valence-corrected chi connectivity index (χ2v) is 5.28. The molecule has 3 nitrogen and oxygen atoms in total. The first kappa shape index (κ1) is 13.1. The summed E-state index contributed by atoms with van der Waals surface area (Å²) >= 11 is -1.24. The smallest absolute Gasteiger partial charge is 0.179 e. The van der Waals surface area contributed by atoms with Gasteiger partial charge in [-0.3, -0.25) is 4.79 Å². The van der Waals surface area contributed by atoms with Gasteiger partial charge in [0.1, 0.15) is 5.75 Å². The molecule has 0 heterocycles. The molecule has 88 valence electrons. The maximum atomic E-state index is 11.6. The third-order valence-electron chi connectivity index (χ3n) is 1.79. The van der Waals surface area contributed by atoms with Gasteiger partial charge in [0.15, 0.2) is 16.4 Å². The van der Waals surface area contributed by atoms with Crippen molar-refractivity contribution in [3.63, 3.8) is 0 Å². The lowest BCUT2D eigenvalue weighted by atomic mass is 10.3. The van der Waals surface area contributed by atoms with Gasteiger partial charge in [0.05, 0.1) is 6.10 Å². The van der Waals surface area contributed by atoms with Crippen LogP contribution in [-0.4, -0.2) is 22.2 Å². The van der Waals surface area contributed by atoms with Gasteiger partial charge in [-0.15, -0.1) is 0 Å². The fourth-order valence-corrected chi connectivity index (χ4v) is 2.19. The lowest BCUT2D eigenvalue weighted by Crippen LogP contribution is -2.13. The second-order valence-electron chi connectivity index (χ2n) is 3.83. The predicted molar refractivity (Wildman–Crippen MR) is 64.2 cm³/mol. The number of Topliss-reactive ketones (excluding diaryl/α,β-unsaturated/α-hetero) is 1. The van der Waals surface area contributed by atoms with Crippen molar-refractivity contribution >= 4 is 17.0 Å². The van der Waals surface area contributed by atoms with Crippen molar-refractivity contribution in [1.29, 1.82) is 0 Å². The number of ether oxygens (including phenoxy) is 1. The van der Waals surface area contributed by atoms with Gasteiger partial charge >= 0.3 is 0 Å². The molecule has 1 aromatic rings. The van der Waals surface area contributed by atoms with E-state index in [1.165, 1.54) is 6.92 Å². The Morgan fingerprint density at radius 3 is 2.38 bits per heavy atom. The van der Waals surface area contributed by atoms with Crippen molar-refractivity contribution in [2.75, 3.05) is 5.75 Å². The fourth-order valence-electron chi connectivity index (χ4n) is 1.21. The molecule has 0 radical (unpaired) electrons. The van der Waals surface area contributed by atoms with E-state index in [0.717, 1.165) is 5.75 Å². The average Bonchev–Trinajstić information content (AvgIpc) is 2.16. The molecule has 1 rings (SSSR count). The zero-order chi connectivity index (χ0) is 12.1. The normalized spacial score (nSPS) is 12.6. The number of ketones is 1. The van der Waals surface area contributed by atoms with Crippen molar-refractivity contribution in [3.8, 4) is 5.75 Å². The van der Waals surface area contributed by atoms with Crippen LogP contribution in [0.4, 0.5) is 0 Å². The minimum absolute atomic E-state index is 0.0687. The third-order valence-corrected chi connectivity index (χ3v) is 3.26. The van der Waals surface area contributed by atoms with Crippen molar-refractivity contribution < 1.29 is 14.1 Å². The lowest BCUT2D eigenvalue weighted by Gasteiger charge is -2.11. The summed E-state index contributed by atoms with van der Waals surface area (Å²) in [4.78, 5) is 11.5. The third kappa shape index (κ3) is 4.24. The monoisotopic (exact) mass is 240 g/mol. The van der Waals surface area contributed by atoms with Crippen LogP contribution in [0.2, 0.25) is 0 Å². The van der Waals surface area contributed by atoms with Crippen LogP contribution in [0.25, 0.3) is 0 Å². The molecule has 1 unspecified atom stereocenters. The highest BCUT2D eigenvalue weighted by Crippen LogP contribution is 2.18.